The Morgan fingerprint density at radius 1 is 1.08 bits per heavy atom. The molecule has 3 N–H and O–H groups in total. The quantitative estimate of drug-likeness (QED) is 0.831. The van der Waals surface area contributed by atoms with E-state index in [1.165, 1.54) is 6.07 Å². The highest BCUT2D eigenvalue weighted by Crippen LogP contribution is 2.28. The van der Waals surface area contributed by atoms with Crippen LogP contribution in [0.25, 0.3) is 0 Å². The second-order valence-electron chi connectivity index (χ2n) is 5.54. The van der Waals surface area contributed by atoms with Crippen LogP contribution in [0.4, 0.5) is 5.69 Å². The first-order valence-corrected chi connectivity index (χ1v) is 9.33. The molecule has 24 heavy (non-hydrogen) atoms. The van der Waals surface area contributed by atoms with E-state index in [0.29, 0.717) is 11.6 Å². The maximum absolute atomic E-state index is 12.4. The third-order valence-electron chi connectivity index (χ3n) is 3.41. The van der Waals surface area contributed by atoms with Crippen LogP contribution in [0.2, 0.25) is 10.0 Å². The number of rotatable bonds is 4. The minimum Gasteiger partial charge on any atom is -0.322 e. The first-order valence-electron chi connectivity index (χ1n) is 7.02. The standard InChI is InChI=1S/C16H16Cl2N2O3S/c1-9(2)10-3-5-11(6-4-10)20-16(21)12-7-15(24(19,22)23)14(18)8-13(12)17/h3-9H,1-2H3,(H,20,21)(H2,19,22,23). The summed E-state index contributed by atoms with van der Waals surface area (Å²) >= 11 is 11.8. The number of carbonyl (C=O) groups excluding carboxylic acids is 1. The van der Waals surface area contributed by atoms with Gasteiger partial charge in [-0.05, 0) is 35.7 Å². The van der Waals surface area contributed by atoms with Gasteiger partial charge in [0.05, 0.1) is 15.6 Å². The summed E-state index contributed by atoms with van der Waals surface area (Å²) in [5.74, 6) is -0.184. The second kappa shape index (κ2) is 7.11. The van der Waals surface area contributed by atoms with Crippen molar-refractivity contribution in [2.24, 2.45) is 5.14 Å². The van der Waals surface area contributed by atoms with Gasteiger partial charge in [-0.2, -0.15) is 0 Å². The number of hydrogen-bond donors (Lipinski definition) is 2. The first kappa shape index (κ1) is 18.7. The normalized spacial score (nSPS) is 11.6. The molecule has 0 unspecified atom stereocenters. The lowest BCUT2D eigenvalue weighted by atomic mass is 10.0. The number of carbonyl (C=O) groups is 1. The fourth-order valence-corrected chi connectivity index (χ4v) is 3.48. The molecule has 0 fully saturated rings. The summed E-state index contributed by atoms with van der Waals surface area (Å²) in [6.45, 7) is 4.13. The lowest BCUT2D eigenvalue weighted by Crippen LogP contribution is -2.17. The largest absolute Gasteiger partial charge is 0.322 e. The molecule has 0 bridgehead atoms. The predicted octanol–water partition coefficient (Wildman–Crippen LogP) is 4.02. The van der Waals surface area contributed by atoms with Gasteiger partial charge in [-0.25, -0.2) is 13.6 Å². The minimum absolute atomic E-state index is 0.0296. The van der Waals surface area contributed by atoms with Crippen molar-refractivity contribution in [1.29, 1.82) is 0 Å². The topological polar surface area (TPSA) is 89.3 Å². The van der Waals surface area contributed by atoms with Crippen LogP contribution in [-0.4, -0.2) is 14.3 Å². The number of hydrogen-bond acceptors (Lipinski definition) is 3. The van der Waals surface area contributed by atoms with Gasteiger partial charge in [0.1, 0.15) is 4.90 Å². The van der Waals surface area contributed by atoms with Crippen LogP contribution in [0.1, 0.15) is 35.7 Å². The molecule has 128 valence electrons. The number of amides is 1. The van der Waals surface area contributed by atoms with Crippen LogP contribution < -0.4 is 10.5 Å². The molecule has 2 rings (SSSR count). The van der Waals surface area contributed by atoms with Crippen molar-refractivity contribution in [1.82, 2.24) is 0 Å². The van der Waals surface area contributed by atoms with Gasteiger partial charge in [-0.3, -0.25) is 4.79 Å². The van der Waals surface area contributed by atoms with E-state index in [2.05, 4.69) is 19.2 Å². The fourth-order valence-electron chi connectivity index (χ4n) is 2.07. The van der Waals surface area contributed by atoms with Crippen molar-refractivity contribution in [3.05, 3.63) is 57.6 Å². The number of halogens is 2. The summed E-state index contributed by atoms with van der Waals surface area (Å²) < 4.78 is 23.0. The first-order chi connectivity index (χ1) is 11.1. The van der Waals surface area contributed by atoms with E-state index in [9.17, 15) is 13.2 Å². The molecule has 0 atom stereocenters. The maximum atomic E-state index is 12.4. The molecule has 2 aromatic rings. The number of sulfonamides is 1. The van der Waals surface area contributed by atoms with E-state index in [1.807, 2.05) is 12.1 Å². The van der Waals surface area contributed by atoms with Crippen LogP contribution >= 0.6 is 23.2 Å². The van der Waals surface area contributed by atoms with Crippen LogP contribution in [0, 0.1) is 0 Å². The molecule has 0 aliphatic heterocycles. The van der Waals surface area contributed by atoms with Crippen molar-refractivity contribution in [3.63, 3.8) is 0 Å². The summed E-state index contributed by atoms with van der Waals surface area (Å²) in [7, 11) is -4.06. The summed E-state index contributed by atoms with van der Waals surface area (Å²) in [6.07, 6.45) is 0. The number of benzene rings is 2. The molecule has 0 saturated heterocycles. The average Bonchev–Trinajstić information content (AvgIpc) is 2.46. The Morgan fingerprint density at radius 3 is 2.17 bits per heavy atom. The Hall–Kier alpha value is -1.60. The van der Waals surface area contributed by atoms with Gasteiger partial charge >= 0.3 is 0 Å². The molecule has 8 heteroatoms. The SMILES string of the molecule is CC(C)c1ccc(NC(=O)c2cc(S(N)(=O)=O)c(Cl)cc2Cl)cc1. The van der Waals surface area contributed by atoms with Crippen LogP contribution in [-0.2, 0) is 10.0 Å². The molecule has 0 radical (unpaired) electrons. The van der Waals surface area contributed by atoms with E-state index in [1.54, 1.807) is 12.1 Å². The zero-order valence-corrected chi connectivity index (χ0v) is 15.3. The summed E-state index contributed by atoms with van der Waals surface area (Å²) in [5.41, 5.74) is 1.67. The molecule has 1 amide bonds. The molecule has 0 heterocycles. The van der Waals surface area contributed by atoms with E-state index in [-0.39, 0.29) is 20.5 Å². The Morgan fingerprint density at radius 2 is 1.67 bits per heavy atom. The molecule has 0 saturated carbocycles. The van der Waals surface area contributed by atoms with Crippen molar-refractivity contribution in [2.75, 3.05) is 5.32 Å². The van der Waals surface area contributed by atoms with E-state index in [4.69, 9.17) is 28.3 Å². The zero-order chi connectivity index (χ0) is 18.1. The molecule has 0 aliphatic rings. The Labute approximate surface area is 150 Å². The van der Waals surface area contributed by atoms with Gasteiger partial charge < -0.3 is 5.32 Å². The fraction of sp³-hybridized carbons (Fsp3) is 0.188. The highest BCUT2D eigenvalue weighted by molar-refractivity contribution is 7.89. The van der Waals surface area contributed by atoms with Gasteiger partial charge in [0.25, 0.3) is 5.91 Å². The van der Waals surface area contributed by atoms with Crippen molar-refractivity contribution in [2.45, 2.75) is 24.7 Å². The number of nitrogens with two attached hydrogens (primary N) is 1. The Balaban J connectivity index is 2.33. The number of nitrogens with one attached hydrogen (secondary N) is 1. The Kier molecular flexibility index (Phi) is 5.55. The van der Waals surface area contributed by atoms with E-state index in [0.717, 1.165) is 11.6 Å². The molecule has 0 aromatic heterocycles. The lowest BCUT2D eigenvalue weighted by molar-refractivity contribution is 0.102. The highest BCUT2D eigenvalue weighted by atomic mass is 35.5. The zero-order valence-electron chi connectivity index (χ0n) is 13.0. The van der Waals surface area contributed by atoms with E-state index >= 15 is 0 Å². The van der Waals surface area contributed by atoms with Crippen molar-refractivity contribution in [3.8, 4) is 0 Å². The average molecular weight is 387 g/mol. The van der Waals surface area contributed by atoms with Gasteiger partial charge in [-0.15, -0.1) is 0 Å². The summed E-state index contributed by atoms with van der Waals surface area (Å²) in [5, 5.41) is 7.64. The van der Waals surface area contributed by atoms with E-state index < -0.39 is 15.9 Å². The van der Waals surface area contributed by atoms with Gasteiger partial charge in [0.2, 0.25) is 10.0 Å². The van der Waals surface area contributed by atoms with Gasteiger partial charge in [-0.1, -0.05) is 49.2 Å². The van der Waals surface area contributed by atoms with Gasteiger partial charge in [0.15, 0.2) is 0 Å². The Bertz CT molecular complexity index is 879. The predicted molar refractivity (Wildman–Crippen MR) is 96.3 cm³/mol. The molecule has 5 nitrogen and oxygen atoms in total. The third kappa shape index (κ3) is 4.27. The van der Waals surface area contributed by atoms with Crippen LogP contribution in [0.5, 0.6) is 0 Å². The second-order valence-corrected chi connectivity index (χ2v) is 7.88. The molecule has 0 aliphatic carbocycles. The smallest absolute Gasteiger partial charge is 0.257 e. The molecule has 0 spiro atoms. The monoisotopic (exact) mass is 386 g/mol. The van der Waals surface area contributed by atoms with Crippen LogP contribution in [0.15, 0.2) is 41.3 Å². The maximum Gasteiger partial charge on any atom is 0.257 e. The summed E-state index contributed by atoms with van der Waals surface area (Å²) in [4.78, 5) is 12.0. The van der Waals surface area contributed by atoms with Gasteiger partial charge in [0, 0.05) is 5.69 Å². The lowest BCUT2D eigenvalue weighted by Gasteiger charge is -2.11. The van der Waals surface area contributed by atoms with Crippen molar-refractivity contribution >= 4 is 44.8 Å². The number of primary sulfonamides is 1. The minimum atomic E-state index is -4.06. The molecular formula is C16H16Cl2N2O3S. The van der Waals surface area contributed by atoms with Crippen LogP contribution in [0.3, 0.4) is 0 Å². The summed E-state index contributed by atoms with van der Waals surface area (Å²) in [6, 6.07) is 9.58. The van der Waals surface area contributed by atoms with Crippen molar-refractivity contribution < 1.29 is 13.2 Å². The molecule has 2 aromatic carbocycles. The highest BCUT2D eigenvalue weighted by Gasteiger charge is 2.20. The molecular weight excluding hydrogens is 371 g/mol. The third-order valence-corrected chi connectivity index (χ3v) is 5.10. The number of anilines is 1.